The quantitative estimate of drug-likeness (QED) is 0.534. The molecule has 3 atom stereocenters. The number of aliphatic carboxylic acids is 1. The Morgan fingerprint density at radius 3 is 2.33 bits per heavy atom. The van der Waals surface area contributed by atoms with E-state index in [-0.39, 0.29) is 53.5 Å². The van der Waals surface area contributed by atoms with Gasteiger partial charge >= 0.3 is 29.6 Å². The van der Waals surface area contributed by atoms with Gasteiger partial charge in [0.1, 0.15) is 0 Å². The first kappa shape index (κ1) is 23.6. The molecule has 0 aromatic carbocycles. The van der Waals surface area contributed by atoms with Crippen LogP contribution in [-0.4, -0.2) is 41.9 Å². The van der Waals surface area contributed by atoms with Crippen LogP contribution in [0.3, 0.4) is 0 Å². The average molecular weight is 346 g/mol. The number of nitrogens with one attached hydrogen (secondary N) is 1. The molecule has 1 aliphatic rings. The van der Waals surface area contributed by atoms with Gasteiger partial charge in [-0.15, -0.1) is 0 Å². The Morgan fingerprint density at radius 1 is 1.33 bits per heavy atom. The number of nitrogens with zero attached hydrogens (tertiary/aromatic N) is 1. The van der Waals surface area contributed by atoms with Gasteiger partial charge in [-0.3, -0.25) is 4.79 Å². The van der Waals surface area contributed by atoms with E-state index in [0.717, 1.165) is 19.5 Å². The number of amides is 1. The monoisotopic (exact) mass is 346 g/mol. The van der Waals surface area contributed by atoms with Gasteiger partial charge in [0, 0.05) is 19.0 Å². The molecule has 0 fully saturated rings. The standard InChI is InChI=1S/C18H32N2O3.Na/c1-6-20(7-2)17-11-14(18(22)23)8-9-15(17)16(10-12(3)4)19-13(5)21;/h8,12,15-17H,6-7,9-11H2,1-5H3,(H,19,21)(H,22,23);/q;+1/p-1/t15-,16-,17-;/m0./s1. The molecule has 0 aromatic rings. The van der Waals surface area contributed by atoms with Crippen molar-refractivity contribution >= 4 is 11.9 Å². The molecule has 0 radical (unpaired) electrons. The summed E-state index contributed by atoms with van der Waals surface area (Å²) in [7, 11) is 0. The van der Waals surface area contributed by atoms with E-state index in [1.165, 1.54) is 0 Å². The van der Waals surface area contributed by atoms with E-state index in [1.807, 2.05) is 0 Å². The Bertz CT molecular complexity index is 448. The van der Waals surface area contributed by atoms with Crippen molar-refractivity contribution in [3.05, 3.63) is 11.6 Å². The van der Waals surface area contributed by atoms with Gasteiger partial charge < -0.3 is 20.1 Å². The van der Waals surface area contributed by atoms with E-state index in [2.05, 4.69) is 37.9 Å². The van der Waals surface area contributed by atoms with Gasteiger partial charge in [-0.25, -0.2) is 0 Å². The molecule has 0 bridgehead atoms. The van der Waals surface area contributed by atoms with E-state index in [9.17, 15) is 14.7 Å². The third-order valence-corrected chi connectivity index (χ3v) is 4.73. The number of carbonyl (C=O) groups is 2. The maximum atomic E-state index is 11.6. The summed E-state index contributed by atoms with van der Waals surface area (Å²) in [5, 5.41) is 14.4. The molecule has 24 heavy (non-hydrogen) atoms. The van der Waals surface area contributed by atoms with Crippen molar-refractivity contribution in [2.75, 3.05) is 13.1 Å². The van der Waals surface area contributed by atoms with E-state index in [4.69, 9.17) is 0 Å². The van der Waals surface area contributed by atoms with E-state index in [0.29, 0.717) is 24.3 Å². The van der Waals surface area contributed by atoms with Crippen LogP contribution in [0.4, 0.5) is 0 Å². The minimum Gasteiger partial charge on any atom is -0.545 e. The predicted octanol–water partition coefficient (Wildman–Crippen LogP) is -1.66. The molecule has 1 rings (SSSR count). The second kappa shape index (κ2) is 11.3. The van der Waals surface area contributed by atoms with Crippen molar-refractivity contribution in [3.8, 4) is 0 Å². The molecule has 0 saturated heterocycles. The van der Waals surface area contributed by atoms with E-state index in [1.54, 1.807) is 13.0 Å². The van der Waals surface area contributed by atoms with Gasteiger partial charge in [-0.05, 0) is 49.8 Å². The van der Waals surface area contributed by atoms with E-state index >= 15 is 0 Å². The number of hydrogen-bond acceptors (Lipinski definition) is 4. The molecule has 1 N–H and O–H groups in total. The van der Waals surface area contributed by atoms with Crippen LogP contribution in [0.2, 0.25) is 0 Å². The summed E-state index contributed by atoms with van der Waals surface area (Å²) in [6.07, 6.45) is 3.84. The van der Waals surface area contributed by atoms with Crippen molar-refractivity contribution in [3.63, 3.8) is 0 Å². The summed E-state index contributed by atoms with van der Waals surface area (Å²) < 4.78 is 0. The second-order valence-corrected chi connectivity index (χ2v) is 6.85. The van der Waals surface area contributed by atoms with Crippen molar-refractivity contribution in [2.24, 2.45) is 11.8 Å². The molecule has 0 saturated carbocycles. The predicted molar refractivity (Wildman–Crippen MR) is 89.6 cm³/mol. The Hall–Kier alpha value is -0.360. The van der Waals surface area contributed by atoms with Gasteiger partial charge in [0.25, 0.3) is 0 Å². The molecule has 0 aromatic heterocycles. The van der Waals surface area contributed by atoms with E-state index < -0.39 is 5.97 Å². The largest absolute Gasteiger partial charge is 1.00 e. The number of rotatable bonds is 8. The Labute approximate surface area is 168 Å². The van der Waals surface area contributed by atoms with Crippen molar-refractivity contribution in [1.82, 2.24) is 10.2 Å². The van der Waals surface area contributed by atoms with Gasteiger partial charge in [0.2, 0.25) is 5.91 Å². The first-order valence-electron chi connectivity index (χ1n) is 8.71. The fourth-order valence-corrected chi connectivity index (χ4v) is 3.70. The van der Waals surface area contributed by atoms with Crippen LogP contribution in [0.5, 0.6) is 0 Å². The fourth-order valence-electron chi connectivity index (χ4n) is 3.70. The normalized spacial score (nSPS) is 21.9. The molecule has 5 nitrogen and oxygen atoms in total. The second-order valence-electron chi connectivity index (χ2n) is 6.85. The fraction of sp³-hybridized carbons (Fsp3) is 0.778. The van der Waals surface area contributed by atoms with Crippen LogP contribution in [0.25, 0.3) is 0 Å². The maximum Gasteiger partial charge on any atom is 1.00 e. The molecule has 0 aliphatic heterocycles. The molecule has 1 amide bonds. The van der Waals surface area contributed by atoms with Gasteiger partial charge in [0.15, 0.2) is 0 Å². The molecule has 0 spiro atoms. The Balaban J connectivity index is 0.00000529. The minimum absolute atomic E-state index is 0. The van der Waals surface area contributed by atoms with Gasteiger partial charge in [0.05, 0.1) is 5.97 Å². The third kappa shape index (κ3) is 6.87. The van der Waals surface area contributed by atoms with Crippen molar-refractivity contribution in [1.29, 1.82) is 0 Å². The molecule has 132 valence electrons. The average Bonchev–Trinajstić information content (AvgIpc) is 2.46. The Morgan fingerprint density at radius 2 is 1.92 bits per heavy atom. The van der Waals surface area contributed by atoms with Crippen LogP contribution in [-0.2, 0) is 9.59 Å². The van der Waals surface area contributed by atoms with Crippen LogP contribution in [0.15, 0.2) is 11.6 Å². The number of carboxylic acid groups (broad SMARTS) is 1. The van der Waals surface area contributed by atoms with Crippen LogP contribution in [0.1, 0.15) is 53.9 Å². The van der Waals surface area contributed by atoms with Crippen molar-refractivity contribution < 1.29 is 44.3 Å². The summed E-state index contributed by atoms with van der Waals surface area (Å²) in [4.78, 5) is 25.2. The summed E-state index contributed by atoms with van der Waals surface area (Å²) in [5.74, 6) is -0.399. The number of carboxylic acids is 1. The molecular weight excluding hydrogens is 315 g/mol. The SMILES string of the molecule is CCN(CC)[C@H]1CC(C(=O)[O-])=CC[C@H]1[C@H](CC(C)C)NC(C)=O.[Na+]. The maximum absolute atomic E-state index is 11.6. The minimum atomic E-state index is -1.07. The van der Waals surface area contributed by atoms with Crippen LogP contribution < -0.4 is 40.0 Å². The zero-order valence-electron chi connectivity index (χ0n) is 16.1. The van der Waals surface area contributed by atoms with Crippen molar-refractivity contribution in [2.45, 2.75) is 66.0 Å². The summed E-state index contributed by atoms with van der Waals surface area (Å²) in [6, 6.07) is 0.191. The summed E-state index contributed by atoms with van der Waals surface area (Å²) >= 11 is 0. The summed E-state index contributed by atoms with van der Waals surface area (Å²) in [5.41, 5.74) is 0.393. The zero-order chi connectivity index (χ0) is 17.6. The first-order valence-corrected chi connectivity index (χ1v) is 8.71. The number of allylic oxidation sites excluding steroid dienone is 1. The number of hydrogen-bond donors (Lipinski definition) is 1. The first-order chi connectivity index (χ1) is 10.8. The molecule has 0 heterocycles. The van der Waals surface area contributed by atoms with Crippen LogP contribution >= 0.6 is 0 Å². The van der Waals surface area contributed by atoms with Gasteiger partial charge in [-0.1, -0.05) is 33.8 Å². The Kier molecular flexibility index (Phi) is 11.1. The summed E-state index contributed by atoms with van der Waals surface area (Å²) in [6.45, 7) is 11.8. The topological polar surface area (TPSA) is 72.5 Å². The molecule has 0 unspecified atom stereocenters. The molecule has 1 aliphatic carbocycles. The smallest absolute Gasteiger partial charge is 0.545 e. The molecular formula is C18H31N2NaO3. The number of carbonyl (C=O) groups excluding carboxylic acids is 2. The van der Waals surface area contributed by atoms with Crippen LogP contribution in [0, 0.1) is 11.8 Å². The molecule has 6 heteroatoms. The third-order valence-electron chi connectivity index (χ3n) is 4.73. The zero-order valence-corrected chi connectivity index (χ0v) is 18.1. The van der Waals surface area contributed by atoms with Gasteiger partial charge in [-0.2, -0.15) is 0 Å².